The fourth-order valence-electron chi connectivity index (χ4n) is 3.30. The number of anilines is 1. The number of benzene rings is 1. The Bertz CT molecular complexity index is 831. The Morgan fingerprint density at radius 2 is 1.67 bits per heavy atom. The van der Waals surface area contributed by atoms with Crippen LogP contribution >= 0.6 is 0 Å². The van der Waals surface area contributed by atoms with Gasteiger partial charge in [0.25, 0.3) is 0 Å². The van der Waals surface area contributed by atoms with Gasteiger partial charge in [-0.1, -0.05) is 30.3 Å². The molecule has 2 amide bonds. The first kappa shape index (κ1) is 21.5. The van der Waals surface area contributed by atoms with Gasteiger partial charge in [0.2, 0.25) is 11.9 Å². The van der Waals surface area contributed by atoms with Gasteiger partial charge < -0.3 is 19.9 Å². The van der Waals surface area contributed by atoms with Gasteiger partial charge in [0, 0.05) is 45.0 Å². The second-order valence-electron chi connectivity index (χ2n) is 8.25. The third-order valence-corrected chi connectivity index (χ3v) is 4.70. The molecule has 0 saturated carbocycles. The van der Waals surface area contributed by atoms with E-state index in [-0.39, 0.29) is 5.91 Å². The Labute approximate surface area is 177 Å². The summed E-state index contributed by atoms with van der Waals surface area (Å²) in [5, 5.41) is 2.77. The molecular weight excluding hydrogens is 382 g/mol. The van der Waals surface area contributed by atoms with E-state index in [1.165, 1.54) is 0 Å². The Kier molecular flexibility index (Phi) is 6.87. The van der Waals surface area contributed by atoms with Crippen LogP contribution in [0.3, 0.4) is 0 Å². The zero-order valence-electron chi connectivity index (χ0n) is 17.7. The van der Waals surface area contributed by atoms with Crippen molar-refractivity contribution in [3.8, 4) is 0 Å². The quantitative estimate of drug-likeness (QED) is 0.812. The van der Waals surface area contributed by atoms with Crippen LogP contribution in [0.15, 0.2) is 48.8 Å². The molecule has 0 aliphatic carbocycles. The van der Waals surface area contributed by atoms with E-state index in [0.717, 1.165) is 5.56 Å². The van der Waals surface area contributed by atoms with Crippen LogP contribution in [0.5, 0.6) is 0 Å². The molecule has 3 rings (SSSR count). The molecule has 0 bridgehead atoms. The number of ether oxygens (including phenoxy) is 1. The first-order valence-electron chi connectivity index (χ1n) is 10.2. The van der Waals surface area contributed by atoms with Gasteiger partial charge in [-0.15, -0.1) is 0 Å². The van der Waals surface area contributed by atoms with Gasteiger partial charge in [-0.25, -0.2) is 14.8 Å². The molecule has 8 nitrogen and oxygen atoms in total. The normalized spacial score (nSPS) is 15.4. The van der Waals surface area contributed by atoms with Crippen LogP contribution in [-0.2, 0) is 16.0 Å². The standard InChI is InChI=1S/C22H29N5O3/c1-22(2,3)30-21(29)25-18(16-17-8-5-4-6-9-17)19(28)26-12-14-27(15-13-26)20-23-10-7-11-24-20/h4-11,18H,12-16H2,1-3H3,(H,25,29). The topological polar surface area (TPSA) is 87.7 Å². The number of piperazine rings is 1. The molecule has 1 aromatic carbocycles. The highest BCUT2D eigenvalue weighted by Gasteiger charge is 2.30. The summed E-state index contributed by atoms with van der Waals surface area (Å²) >= 11 is 0. The fraction of sp³-hybridized carbons (Fsp3) is 0.455. The van der Waals surface area contributed by atoms with E-state index in [1.807, 2.05) is 30.3 Å². The van der Waals surface area contributed by atoms with Crippen LogP contribution < -0.4 is 10.2 Å². The molecule has 1 aliphatic rings. The first-order chi connectivity index (χ1) is 14.3. The van der Waals surface area contributed by atoms with Crippen LogP contribution in [0.2, 0.25) is 0 Å². The van der Waals surface area contributed by atoms with Crippen molar-refractivity contribution in [2.75, 3.05) is 31.1 Å². The zero-order chi connectivity index (χ0) is 21.6. The van der Waals surface area contributed by atoms with E-state index < -0.39 is 17.7 Å². The van der Waals surface area contributed by atoms with E-state index in [2.05, 4.69) is 20.2 Å². The summed E-state index contributed by atoms with van der Waals surface area (Å²) in [7, 11) is 0. The maximum atomic E-state index is 13.3. The third-order valence-electron chi connectivity index (χ3n) is 4.70. The maximum Gasteiger partial charge on any atom is 0.408 e. The lowest BCUT2D eigenvalue weighted by atomic mass is 10.0. The third kappa shape index (κ3) is 6.17. The summed E-state index contributed by atoms with van der Waals surface area (Å²) in [5.41, 5.74) is 0.342. The van der Waals surface area contributed by atoms with Crippen molar-refractivity contribution in [1.82, 2.24) is 20.2 Å². The molecule has 1 aromatic heterocycles. The number of aromatic nitrogens is 2. The lowest BCUT2D eigenvalue weighted by molar-refractivity contribution is -0.133. The largest absolute Gasteiger partial charge is 0.444 e. The average molecular weight is 412 g/mol. The van der Waals surface area contributed by atoms with E-state index in [1.54, 1.807) is 44.1 Å². The highest BCUT2D eigenvalue weighted by atomic mass is 16.6. The molecule has 1 unspecified atom stereocenters. The predicted octanol–water partition coefficient (Wildman–Crippen LogP) is 2.26. The number of hydrogen-bond acceptors (Lipinski definition) is 6. The molecule has 2 heterocycles. The molecule has 1 saturated heterocycles. The number of amides is 2. The van der Waals surface area contributed by atoms with Crippen molar-refractivity contribution < 1.29 is 14.3 Å². The van der Waals surface area contributed by atoms with Crippen molar-refractivity contribution in [3.63, 3.8) is 0 Å². The number of alkyl carbamates (subject to hydrolysis) is 1. The number of nitrogens with one attached hydrogen (secondary N) is 1. The lowest BCUT2D eigenvalue weighted by Crippen LogP contribution is -2.56. The monoisotopic (exact) mass is 411 g/mol. The summed E-state index contributed by atoms with van der Waals surface area (Å²) in [4.78, 5) is 38.0. The van der Waals surface area contributed by atoms with Gasteiger partial charge in [-0.05, 0) is 32.4 Å². The first-order valence-corrected chi connectivity index (χ1v) is 10.2. The van der Waals surface area contributed by atoms with Crippen molar-refractivity contribution in [1.29, 1.82) is 0 Å². The Balaban J connectivity index is 1.66. The minimum atomic E-state index is -0.693. The van der Waals surface area contributed by atoms with Gasteiger partial charge in [0.15, 0.2) is 0 Å². The summed E-state index contributed by atoms with van der Waals surface area (Å²) in [5.74, 6) is 0.552. The fourth-order valence-corrected chi connectivity index (χ4v) is 3.30. The molecule has 0 radical (unpaired) electrons. The summed E-state index contributed by atoms with van der Waals surface area (Å²) in [6, 6.07) is 10.7. The second-order valence-corrected chi connectivity index (χ2v) is 8.25. The number of hydrogen-bond donors (Lipinski definition) is 1. The van der Waals surface area contributed by atoms with Crippen LogP contribution in [0.4, 0.5) is 10.7 Å². The van der Waals surface area contributed by atoms with Crippen LogP contribution in [0.25, 0.3) is 0 Å². The Morgan fingerprint density at radius 3 is 2.27 bits per heavy atom. The van der Waals surface area contributed by atoms with Gasteiger partial charge in [0.1, 0.15) is 11.6 Å². The van der Waals surface area contributed by atoms with Crippen LogP contribution in [0, 0.1) is 0 Å². The number of carbonyl (C=O) groups excluding carboxylic acids is 2. The van der Waals surface area contributed by atoms with Gasteiger partial charge in [0.05, 0.1) is 0 Å². The SMILES string of the molecule is CC(C)(C)OC(=O)NC(Cc1ccccc1)C(=O)N1CCN(c2ncccn2)CC1. The molecule has 1 aliphatic heterocycles. The minimum absolute atomic E-state index is 0.113. The van der Waals surface area contributed by atoms with Gasteiger partial charge >= 0.3 is 6.09 Å². The molecule has 0 spiro atoms. The molecule has 30 heavy (non-hydrogen) atoms. The second kappa shape index (κ2) is 9.56. The van der Waals surface area contributed by atoms with Crippen LogP contribution in [-0.4, -0.2) is 64.7 Å². The van der Waals surface area contributed by atoms with Gasteiger partial charge in [-0.2, -0.15) is 0 Å². The molecule has 1 N–H and O–H groups in total. The molecular formula is C22H29N5O3. The molecule has 160 valence electrons. The van der Waals surface area contributed by atoms with Crippen molar-refractivity contribution in [2.24, 2.45) is 0 Å². The van der Waals surface area contributed by atoms with Crippen molar-refractivity contribution in [2.45, 2.75) is 38.8 Å². The minimum Gasteiger partial charge on any atom is -0.444 e. The van der Waals surface area contributed by atoms with E-state index >= 15 is 0 Å². The number of rotatable bonds is 5. The predicted molar refractivity (Wildman–Crippen MR) is 114 cm³/mol. The Hall–Kier alpha value is -3.16. The lowest BCUT2D eigenvalue weighted by Gasteiger charge is -2.36. The number of nitrogens with zero attached hydrogens (tertiary/aromatic N) is 4. The average Bonchev–Trinajstić information content (AvgIpc) is 2.73. The van der Waals surface area contributed by atoms with Crippen LogP contribution in [0.1, 0.15) is 26.3 Å². The summed E-state index contributed by atoms with van der Waals surface area (Å²) in [6.45, 7) is 7.75. The Morgan fingerprint density at radius 1 is 1.03 bits per heavy atom. The zero-order valence-corrected chi connectivity index (χ0v) is 17.7. The summed E-state index contributed by atoms with van der Waals surface area (Å²) in [6.07, 6.45) is 3.23. The van der Waals surface area contributed by atoms with Gasteiger partial charge in [-0.3, -0.25) is 4.79 Å². The van der Waals surface area contributed by atoms with E-state index in [0.29, 0.717) is 38.5 Å². The van der Waals surface area contributed by atoms with E-state index in [4.69, 9.17) is 4.74 Å². The smallest absolute Gasteiger partial charge is 0.408 e. The molecule has 1 atom stereocenters. The van der Waals surface area contributed by atoms with Crippen molar-refractivity contribution in [3.05, 3.63) is 54.4 Å². The summed E-state index contributed by atoms with van der Waals surface area (Å²) < 4.78 is 5.37. The molecule has 2 aromatic rings. The highest BCUT2D eigenvalue weighted by molar-refractivity contribution is 5.86. The highest BCUT2D eigenvalue weighted by Crippen LogP contribution is 2.13. The molecule has 8 heteroatoms. The maximum absolute atomic E-state index is 13.3. The van der Waals surface area contributed by atoms with E-state index in [9.17, 15) is 9.59 Å². The van der Waals surface area contributed by atoms with Crippen molar-refractivity contribution >= 4 is 17.9 Å². The molecule has 1 fully saturated rings. The number of carbonyl (C=O) groups is 2.